The lowest BCUT2D eigenvalue weighted by Gasteiger charge is -1.93. The normalized spacial score (nSPS) is 8.03. The van der Waals surface area contributed by atoms with Crippen LogP contribution in [0.15, 0.2) is 103 Å². The van der Waals surface area contributed by atoms with Crippen molar-refractivity contribution in [3.05, 3.63) is 142 Å². The van der Waals surface area contributed by atoms with Gasteiger partial charge in [0.2, 0.25) is 0 Å². The van der Waals surface area contributed by atoms with Crippen molar-refractivity contribution < 1.29 is 5.11 Å². The summed E-state index contributed by atoms with van der Waals surface area (Å²) in [5, 5.41) is 7.00. The van der Waals surface area contributed by atoms with Gasteiger partial charge in [0.15, 0.2) is 0 Å². The van der Waals surface area contributed by atoms with Gasteiger partial charge in [-0.1, -0.05) is 153 Å². The van der Waals surface area contributed by atoms with E-state index in [2.05, 4.69) is 133 Å². The maximum Gasteiger partial charge on any atom is 0.0319 e. The second-order valence-electron chi connectivity index (χ2n) is 8.05. The van der Waals surface area contributed by atoms with Crippen molar-refractivity contribution in [2.24, 2.45) is 0 Å². The van der Waals surface area contributed by atoms with Crippen LogP contribution in [-0.4, -0.2) is 12.2 Å². The van der Waals surface area contributed by atoms with Gasteiger partial charge in [0.05, 0.1) is 0 Å². The predicted octanol–water partition coefficient (Wildman–Crippen LogP) is 10.4. The van der Waals surface area contributed by atoms with E-state index in [4.69, 9.17) is 5.11 Å². The minimum absolute atomic E-state index is 0. The van der Waals surface area contributed by atoms with Gasteiger partial charge in [-0.3, -0.25) is 0 Å². The fourth-order valence-corrected chi connectivity index (χ4v) is 2.64. The summed E-state index contributed by atoms with van der Waals surface area (Å²) < 4.78 is 0. The number of hydrogen-bond donors (Lipinski definition) is 1. The fourth-order valence-electron chi connectivity index (χ4n) is 2.64. The largest absolute Gasteiger partial charge is 0.400 e. The third kappa shape index (κ3) is 21.4. The molecule has 0 amide bonds. The zero-order valence-corrected chi connectivity index (χ0v) is 21.8. The minimum Gasteiger partial charge on any atom is -0.400 e. The molecule has 0 unspecified atom stereocenters. The fraction of sp³-hybridized carbons (Fsp3) is 0.314. The van der Waals surface area contributed by atoms with Gasteiger partial charge < -0.3 is 5.11 Å². The van der Waals surface area contributed by atoms with Gasteiger partial charge in [-0.25, -0.2) is 0 Å². The summed E-state index contributed by atoms with van der Waals surface area (Å²) in [6.07, 6.45) is 0. The Balaban J connectivity index is -0.000000180. The molecular weight excluding hydrogens is 436 g/mol. The Kier molecular flexibility index (Phi) is 27.7. The van der Waals surface area contributed by atoms with Crippen molar-refractivity contribution in [1.82, 2.24) is 0 Å². The van der Waals surface area contributed by atoms with Crippen LogP contribution < -0.4 is 0 Å². The molecule has 0 bridgehead atoms. The van der Waals surface area contributed by atoms with Crippen LogP contribution in [0.4, 0.5) is 0 Å². The van der Waals surface area contributed by atoms with E-state index in [1.807, 2.05) is 18.2 Å². The Bertz CT molecular complexity index is 927. The van der Waals surface area contributed by atoms with Crippen molar-refractivity contribution >= 4 is 0 Å². The molecule has 0 heterocycles. The average molecular weight is 491 g/mol. The van der Waals surface area contributed by atoms with Crippen molar-refractivity contribution in [3.63, 3.8) is 0 Å². The van der Waals surface area contributed by atoms with Gasteiger partial charge in [-0.15, -0.1) is 0 Å². The molecule has 0 aliphatic carbocycles. The average Bonchev–Trinajstić information content (AvgIpc) is 2.81. The van der Waals surface area contributed by atoms with Gasteiger partial charge in [0.25, 0.3) is 0 Å². The van der Waals surface area contributed by atoms with Crippen LogP contribution in [0.25, 0.3) is 0 Å². The Labute approximate surface area is 224 Å². The first-order valence-electron chi connectivity index (χ1n) is 11.3. The summed E-state index contributed by atoms with van der Waals surface area (Å²) in [6, 6.07) is 35.5. The van der Waals surface area contributed by atoms with Crippen molar-refractivity contribution in [2.45, 2.75) is 70.7 Å². The summed E-state index contributed by atoms with van der Waals surface area (Å²) in [6.45, 7) is 14.7. The molecule has 0 aliphatic rings. The van der Waals surface area contributed by atoms with Gasteiger partial charge in [-0.05, 0) is 59.6 Å². The molecule has 4 aromatic carbocycles. The van der Waals surface area contributed by atoms with Crippen molar-refractivity contribution in [2.75, 3.05) is 7.11 Å². The maximum absolute atomic E-state index is 7.00. The molecule has 0 spiro atoms. The maximum atomic E-state index is 7.00. The van der Waals surface area contributed by atoms with Gasteiger partial charge in [-0.2, -0.15) is 0 Å². The van der Waals surface area contributed by atoms with Crippen LogP contribution in [0.5, 0.6) is 0 Å². The van der Waals surface area contributed by atoms with E-state index in [-0.39, 0.29) is 22.3 Å². The quantitative estimate of drug-likeness (QED) is 0.260. The first-order valence-corrected chi connectivity index (χ1v) is 11.3. The van der Waals surface area contributed by atoms with Crippen LogP contribution in [0.3, 0.4) is 0 Å². The predicted molar refractivity (Wildman–Crippen MR) is 167 cm³/mol. The van der Waals surface area contributed by atoms with E-state index in [0.29, 0.717) is 0 Å². The summed E-state index contributed by atoms with van der Waals surface area (Å²) >= 11 is 0. The van der Waals surface area contributed by atoms with E-state index < -0.39 is 0 Å². The first-order chi connectivity index (χ1) is 15.8. The van der Waals surface area contributed by atoms with E-state index in [0.717, 1.165) is 7.11 Å². The molecule has 200 valence electrons. The van der Waals surface area contributed by atoms with Crippen LogP contribution >= 0.6 is 0 Å². The van der Waals surface area contributed by atoms with Crippen LogP contribution in [-0.2, 0) is 0 Å². The molecule has 1 N–H and O–H groups in total. The smallest absolute Gasteiger partial charge is 0.0319 e. The minimum atomic E-state index is 0. The van der Waals surface area contributed by atoms with Gasteiger partial charge in [0, 0.05) is 7.11 Å². The highest BCUT2D eigenvalue weighted by molar-refractivity contribution is 5.23. The Hall–Kier alpha value is -3.16. The highest BCUT2D eigenvalue weighted by Gasteiger charge is 1.84. The molecule has 0 atom stereocenters. The van der Waals surface area contributed by atoms with Crippen LogP contribution in [0.1, 0.15) is 61.2 Å². The Morgan fingerprint density at radius 3 is 0.833 bits per heavy atom. The Morgan fingerprint density at radius 2 is 0.611 bits per heavy atom. The molecule has 0 saturated carbocycles. The number of rotatable bonds is 0. The third-order valence-electron chi connectivity index (χ3n) is 4.76. The SMILES string of the molecule is C.C.C.CO.Cc1ccc(C)cc1.Cc1cccc(C)c1.Cc1ccccc1.Cc1ccccc1C. The lowest BCUT2D eigenvalue weighted by atomic mass is 10.1. The second kappa shape index (κ2) is 24.9. The highest BCUT2D eigenvalue weighted by Crippen LogP contribution is 2.03. The molecule has 0 saturated heterocycles. The number of aliphatic hydroxyl groups is 1. The summed E-state index contributed by atoms with van der Waals surface area (Å²) in [7, 11) is 1.00. The zero-order chi connectivity index (χ0) is 25.1. The molecule has 4 rings (SSSR count). The number of hydrogen-bond acceptors (Lipinski definition) is 1. The van der Waals surface area contributed by atoms with E-state index in [1.54, 1.807) is 0 Å². The van der Waals surface area contributed by atoms with E-state index in [1.165, 1.54) is 38.9 Å². The topological polar surface area (TPSA) is 20.2 Å². The standard InChI is InChI=1S/3C8H10.C7H8.CH4O.3CH4/c1-7-3-5-8(2)6-4-7;1-7-4-3-5-8(2)6-7;1-7-5-3-4-6-8(7)2;1-7-5-3-2-4-6-7;1-2;;;/h3*3-6H,1-2H3;2-6H,1H3;2H,1H3;3*1H4. The number of aliphatic hydroxyl groups excluding tert-OH is 1. The third-order valence-corrected chi connectivity index (χ3v) is 4.76. The summed E-state index contributed by atoms with van der Waals surface area (Å²) in [5.41, 5.74) is 9.39. The van der Waals surface area contributed by atoms with E-state index in [9.17, 15) is 0 Å². The zero-order valence-electron chi connectivity index (χ0n) is 21.8. The molecule has 1 nitrogen and oxygen atoms in total. The van der Waals surface area contributed by atoms with Crippen molar-refractivity contribution in [1.29, 1.82) is 0 Å². The molecule has 0 fully saturated rings. The Morgan fingerprint density at radius 1 is 0.333 bits per heavy atom. The molecule has 36 heavy (non-hydrogen) atoms. The van der Waals surface area contributed by atoms with Crippen LogP contribution in [0, 0.1) is 48.5 Å². The number of benzene rings is 4. The van der Waals surface area contributed by atoms with E-state index >= 15 is 0 Å². The molecule has 1 heteroatoms. The summed E-state index contributed by atoms with van der Waals surface area (Å²) in [4.78, 5) is 0. The molecular formula is C35H54O. The molecule has 0 aromatic heterocycles. The molecule has 4 aromatic rings. The first kappa shape index (κ1) is 40.0. The highest BCUT2D eigenvalue weighted by atomic mass is 16.2. The second-order valence-corrected chi connectivity index (χ2v) is 8.05. The van der Waals surface area contributed by atoms with Crippen LogP contribution in [0.2, 0.25) is 0 Å². The van der Waals surface area contributed by atoms with Crippen molar-refractivity contribution in [3.8, 4) is 0 Å². The van der Waals surface area contributed by atoms with Gasteiger partial charge >= 0.3 is 0 Å². The van der Waals surface area contributed by atoms with Gasteiger partial charge in [0.1, 0.15) is 0 Å². The monoisotopic (exact) mass is 490 g/mol. The number of aryl methyl sites for hydroxylation is 7. The lowest BCUT2D eigenvalue weighted by Crippen LogP contribution is -1.74. The summed E-state index contributed by atoms with van der Waals surface area (Å²) in [5.74, 6) is 0. The molecule has 0 radical (unpaired) electrons. The molecule has 0 aliphatic heterocycles. The lowest BCUT2D eigenvalue weighted by molar-refractivity contribution is 0.399.